The van der Waals surface area contributed by atoms with Crippen LogP contribution in [0.3, 0.4) is 0 Å². The van der Waals surface area contributed by atoms with Crippen LogP contribution >= 0.6 is 11.6 Å². The van der Waals surface area contributed by atoms with Gasteiger partial charge in [-0.1, -0.05) is 25.4 Å². The first kappa shape index (κ1) is 15.5. The summed E-state index contributed by atoms with van der Waals surface area (Å²) < 4.78 is 7.72. The van der Waals surface area contributed by atoms with Gasteiger partial charge in [0.1, 0.15) is 0 Å². The van der Waals surface area contributed by atoms with E-state index in [2.05, 4.69) is 18.9 Å². The minimum absolute atomic E-state index is 0.274. The van der Waals surface area contributed by atoms with Crippen LogP contribution in [0.5, 0.6) is 0 Å². The highest BCUT2D eigenvalue weighted by atomic mass is 35.5. The molecule has 4 nitrogen and oxygen atoms in total. The molecule has 0 aliphatic heterocycles. The average Bonchev–Trinajstić information content (AvgIpc) is 2.70. The molecule has 0 saturated heterocycles. The van der Waals surface area contributed by atoms with E-state index in [4.69, 9.17) is 22.1 Å². The predicted molar refractivity (Wildman–Crippen MR) is 74.8 cm³/mol. The number of ether oxygens (including phenoxy) is 1. The molecule has 0 aliphatic carbocycles. The second-order valence-electron chi connectivity index (χ2n) is 4.68. The third kappa shape index (κ3) is 3.05. The average molecular weight is 274 g/mol. The summed E-state index contributed by atoms with van der Waals surface area (Å²) in [6, 6.07) is -0.274. The van der Waals surface area contributed by atoms with Gasteiger partial charge in [-0.15, -0.1) is 0 Å². The highest BCUT2D eigenvalue weighted by molar-refractivity contribution is 6.31. The van der Waals surface area contributed by atoms with Gasteiger partial charge in [-0.05, 0) is 26.7 Å². The van der Waals surface area contributed by atoms with Gasteiger partial charge in [-0.3, -0.25) is 4.68 Å². The van der Waals surface area contributed by atoms with Crippen molar-refractivity contribution < 1.29 is 4.74 Å². The van der Waals surface area contributed by atoms with Gasteiger partial charge >= 0.3 is 0 Å². The Morgan fingerprint density at radius 1 is 1.50 bits per heavy atom. The molecule has 0 aliphatic rings. The van der Waals surface area contributed by atoms with Crippen LogP contribution < -0.4 is 5.73 Å². The lowest BCUT2D eigenvalue weighted by molar-refractivity contribution is -0.0489. The lowest BCUT2D eigenvalue weighted by Gasteiger charge is -2.34. The van der Waals surface area contributed by atoms with Crippen molar-refractivity contribution in [2.45, 2.75) is 58.7 Å². The zero-order valence-electron chi connectivity index (χ0n) is 11.7. The Morgan fingerprint density at radius 3 is 2.67 bits per heavy atom. The van der Waals surface area contributed by atoms with Crippen LogP contribution in [0, 0.1) is 0 Å². The molecular weight excluding hydrogens is 250 g/mol. The van der Waals surface area contributed by atoms with Gasteiger partial charge in [0.05, 0.1) is 28.6 Å². The summed E-state index contributed by atoms with van der Waals surface area (Å²) in [5, 5.41) is 4.90. The molecule has 1 aromatic heterocycles. The molecule has 1 aromatic rings. The van der Waals surface area contributed by atoms with Crippen LogP contribution in [-0.4, -0.2) is 22.0 Å². The number of nitrogens with zero attached hydrogens (tertiary/aromatic N) is 2. The summed E-state index contributed by atoms with van der Waals surface area (Å²) >= 11 is 6.22. The Hall–Kier alpha value is -0.580. The molecule has 0 radical (unpaired) electrons. The summed E-state index contributed by atoms with van der Waals surface area (Å²) in [6.45, 7) is 9.64. The maximum Gasteiger partial charge on any atom is 0.0859 e. The fourth-order valence-corrected chi connectivity index (χ4v) is 2.36. The van der Waals surface area contributed by atoms with E-state index in [1.807, 2.05) is 18.5 Å². The number of nitrogens with two attached hydrogens (primary N) is 1. The van der Waals surface area contributed by atoms with Gasteiger partial charge in [0.15, 0.2) is 0 Å². The number of aromatic nitrogens is 2. The smallest absolute Gasteiger partial charge is 0.0859 e. The van der Waals surface area contributed by atoms with Crippen LogP contribution in [0.1, 0.15) is 52.3 Å². The van der Waals surface area contributed by atoms with E-state index in [0.717, 1.165) is 25.1 Å². The summed E-state index contributed by atoms with van der Waals surface area (Å²) in [4.78, 5) is 0. The van der Waals surface area contributed by atoms with Crippen molar-refractivity contribution >= 4 is 11.6 Å². The minimum atomic E-state index is -0.413. The SMILES string of the molecule is CCCn1ncc(Cl)c1C(N)C(C)(CC)OCC. The summed E-state index contributed by atoms with van der Waals surface area (Å²) in [5.74, 6) is 0. The standard InChI is InChI=1S/C13H24ClN3O/c1-5-8-17-11(10(14)9-16-17)12(15)13(4,6-2)18-7-3/h9,12H,5-8,15H2,1-4H3. The first-order valence-corrected chi connectivity index (χ1v) is 6.98. The Labute approximate surface area is 114 Å². The first-order valence-electron chi connectivity index (χ1n) is 6.60. The van der Waals surface area contributed by atoms with Crippen molar-refractivity contribution in [3.63, 3.8) is 0 Å². The molecule has 0 amide bonds. The van der Waals surface area contributed by atoms with Gasteiger partial charge < -0.3 is 10.5 Å². The quantitative estimate of drug-likeness (QED) is 0.830. The number of hydrogen-bond acceptors (Lipinski definition) is 3. The molecular formula is C13H24ClN3O. The fraction of sp³-hybridized carbons (Fsp3) is 0.769. The van der Waals surface area contributed by atoms with Gasteiger partial charge in [-0.2, -0.15) is 5.10 Å². The predicted octanol–water partition coefficient (Wildman–Crippen LogP) is 3.15. The van der Waals surface area contributed by atoms with E-state index >= 15 is 0 Å². The van der Waals surface area contributed by atoms with Crippen molar-refractivity contribution in [1.82, 2.24) is 9.78 Å². The van der Waals surface area contributed by atoms with E-state index in [-0.39, 0.29) is 6.04 Å². The summed E-state index contributed by atoms with van der Waals surface area (Å²) in [7, 11) is 0. The van der Waals surface area contributed by atoms with E-state index in [1.165, 1.54) is 0 Å². The second-order valence-corrected chi connectivity index (χ2v) is 5.08. The number of rotatable bonds is 7. The second kappa shape index (κ2) is 6.55. The first-order chi connectivity index (χ1) is 8.50. The van der Waals surface area contributed by atoms with Crippen molar-refractivity contribution in [3.05, 3.63) is 16.9 Å². The lowest BCUT2D eigenvalue weighted by atomic mass is 9.91. The number of halogens is 1. The fourth-order valence-electron chi connectivity index (χ4n) is 2.10. The van der Waals surface area contributed by atoms with Gasteiger partial charge in [-0.25, -0.2) is 0 Å². The Balaban J connectivity index is 3.07. The van der Waals surface area contributed by atoms with Crippen LogP contribution in [0.2, 0.25) is 5.02 Å². The van der Waals surface area contributed by atoms with E-state index in [9.17, 15) is 0 Å². The molecule has 1 rings (SSSR count). The molecule has 0 bridgehead atoms. The van der Waals surface area contributed by atoms with E-state index in [1.54, 1.807) is 6.20 Å². The van der Waals surface area contributed by atoms with Crippen molar-refractivity contribution in [1.29, 1.82) is 0 Å². The molecule has 5 heteroatoms. The van der Waals surface area contributed by atoms with Crippen LogP contribution in [0.25, 0.3) is 0 Å². The minimum Gasteiger partial charge on any atom is -0.374 e. The number of aryl methyl sites for hydroxylation is 1. The zero-order chi connectivity index (χ0) is 13.8. The van der Waals surface area contributed by atoms with Gasteiger partial charge in [0.25, 0.3) is 0 Å². The van der Waals surface area contributed by atoms with Gasteiger partial charge in [0, 0.05) is 13.2 Å². The molecule has 0 spiro atoms. The zero-order valence-corrected chi connectivity index (χ0v) is 12.5. The molecule has 2 atom stereocenters. The maximum atomic E-state index is 6.38. The molecule has 2 unspecified atom stereocenters. The van der Waals surface area contributed by atoms with Crippen molar-refractivity contribution in [2.24, 2.45) is 5.73 Å². The Morgan fingerprint density at radius 2 is 2.17 bits per heavy atom. The van der Waals surface area contributed by atoms with Crippen LogP contribution in [-0.2, 0) is 11.3 Å². The molecule has 18 heavy (non-hydrogen) atoms. The lowest BCUT2D eigenvalue weighted by Crippen LogP contribution is -2.42. The van der Waals surface area contributed by atoms with Crippen molar-refractivity contribution in [3.8, 4) is 0 Å². The topological polar surface area (TPSA) is 53.1 Å². The molecule has 0 fully saturated rings. The monoisotopic (exact) mass is 273 g/mol. The largest absolute Gasteiger partial charge is 0.374 e. The summed E-state index contributed by atoms with van der Waals surface area (Å²) in [5.41, 5.74) is 6.83. The van der Waals surface area contributed by atoms with E-state index in [0.29, 0.717) is 11.6 Å². The highest BCUT2D eigenvalue weighted by Crippen LogP contribution is 2.33. The third-order valence-corrected chi connectivity index (χ3v) is 3.69. The normalized spacial score (nSPS) is 16.6. The van der Waals surface area contributed by atoms with Crippen molar-refractivity contribution in [2.75, 3.05) is 6.61 Å². The molecule has 0 saturated carbocycles. The molecule has 0 aromatic carbocycles. The summed E-state index contributed by atoms with van der Waals surface area (Å²) in [6.07, 6.45) is 3.49. The van der Waals surface area contributed by atoms with Crippen LogP contribution in [0.4, 0.5) is 0 Å². The maximum absolute atomic E-state index is 6.38. The molecule has 1 heterocycles. The molecule has 104 valence electrons. The molecule has 2 N–H and O–H groups in total. The number of hydrogen-bond donors (Lipinski definition) is 1. The van der Waals surface area contributed by atoms with E-state index < -0.39 is 5.60 Å². The Kier molecular flexibility index (Phi) is 5.63. The van der Waals surface area contributed by atoms with Crippen LogP contribution in [0.15, 0.2) is 6.20 Å². The highest BCUT2D eigenvalue weighted by Gasteiger charge is 2.35. The Bertz CT molecular complexity index is 380. The third-order valence-electron chi connectivity index (χ3n) is 3.40. The van der Waals surface area contributed by atoms with Gasteiger partial charge in [0.2, 0.25) is 0 Å².